The van der Waals surface area contributed by atoms with Crippen LogP contribution in [0.3, 0.4) is 0 Å². The van der Waals surface area contributed by atoms with E-state index < -0.39 is 0 Å². The van der Waals surface area contributed by atoms with Gasteiger partial charge in [0.15, 0.2) is 0 Å². The molecule has 0 bridgehead atoms. The van der Waals surface area contributed by atoms with Crippen molar-refractivity contribution in [2.75, 3.05) is 18.0 Å². The van der Waals surface area contributed by atoms with E-state index in [2.05, 4.69) is 21.2 Å². The van der Waals surface area contributed by atoms with Crippen molar-refractivity contribution in [2.45, 2.75) is 25.5 Å². The van der Waals surface area contributed by atoms with Gasteiger partial charge in [-0.1, -0.05) is 15.9 Å². The molecule has 1 aromatic rings. The second kappa shape index (κ2) is 4.90. The van der Waals surface area contributed by atoms with E-state index in [9.17, 15) is 4.79 Å². The monoisotopic (exact) mass is 310 g/mol. The molecule has 0 saturated carbocycles. The smallest absolute Gasteiger partial charge is 0.414 e. The molecule has 18 heavy (non-hydrogen) atoms. The molecule has 0 radical (unpaired) electrons. The molecule has 1 aromatic carbocycles. The summed E-state index contributed by atoms with van der Waals surface area (Å²) < 4.78 is 6.29. The minimum atomic E-state index is -0.211. The van der Waals surface area contributed by atoms with Crippen molar-refractivity contribution in [2.24, 2.45) is 0 Å². The summed E-state index contributed by atoms with van der Waals surface area (Å²) in [5.41, 5.74) is 2.07. The van der Waals surface area contributed by atoms with Gasteiger partial charge in [-0.3, -0.25) is 4.90 Å². The van der Waals surface area contributed by atoms with Gasteiger partial charge in [0.25, 0.3) is 0 Å². The van der Waals surface area contributed by atoms with Crippen LogP contribution in [-0.2, 0) is 11.3 Å². The number of carbonyl (C=O) groups is 1. The molecule has 96 valence electrons. The van der Waals surface area contributed by atoms with Gasteiger partial charge in [-0.05, 0) is 44.1 Å². The molecule has 1 N–H and O–H groups in total. The van der Waals surface area contributed by atoms with Crippen LogP contribution in [0.1, 0.15) is 18.4 Å². The predicted octanol–water partition coefficient (Wildman–Crippen LogP) is 2.66. The van der Waals surface area contributed by atoms with Gasteiger partial charge in [-0.25, -0.2) is 4.79 Å². The first-order chi connectivity index (χ1) is 8.75. The zero-order valence-electron chi connectivity index (χ0n) is 9.99. The van der Waals surface area contributed by atoms with Gasteiger partial charge in [0.2, 0.25) is 0 Å². The lowest BCUT2D eigenvalue weighted by atomic mass is 10.0. The summed E-state index contributed by atoms with van der Waals surface area (Å²) in [5, 5.41) is 3.32. The van der Waals surface area contributed by atoms with Crippen LogP contribution in [0.4, 0.5) is 10.5 Å². The Hall–Kier alpha value is -1.07. The number of fused-ring (bicyclic) bond motifs is 1. The Morgan fingerprint density at radius 2 is 2.11 bits per heavy atom. The third-order valence-corrected chi connectivity index (χ3v) is 4.02. The molecular weight excluding hydrogens is 296 g/mol. The zero-order valence-corrected chi connectivity index (χ0v) is 11.6. The molecule has 4 nitrogen and oxygen atoms in total. The first-order valence-corrected chi connectivity index (χ1v) is 7.00. The molecule has 5 heteroatoms. The Morgan fingerprint density at radius 3 is 2.89 bits per heavy atom. The average Bonchev–Trinajstić information content (AvgIpc) is 2.40. The van der Waals surface area contributed by atoms with Crippen molar-refractivity contribution in [3.63, 3.8) is 0 Å². The fraction of sp³-hybridized carbons (Fsp3) is 0.462. The van der Waals surface area contributed by atoms with E-state index in [1.54, 1.807) is 0 Å². The number of hydrogen-bond donors (Lipinski definition) is 1. The van der Waals surface area contributed by atoms with E-state index in [0.29, 0.717) is 6.61 Å². The van der Waals surface area contributed by atoms with Gasteiger partial charge in [0, 0.05) is 16.1 Å². The summed E-state index contributed by atoms with van der Waals surface area (Å²) in [6, 6.07) is 6.25. The third kappa shape index (κ3) is 2.12. The number of ether oxygens (including phenoxy) is 1. The summed E-state index contributed by atoms with van der Waals surface area (Å²) >= 11 is 3.45. The minimum absolute atomic E-state index is 0.211. The second-order valence-corrected chi connectivity index (χ2v) is 5.59. The Bertz CT molecular complexity index is 472. The lowest BCUT2D eigenvalue weighted by Crippen LogP contribution is -2.48. The first kappa shape index (κ1) is 12.0. The highest BCUT2D eigenvalue weighted by Crippen LogP contribution is 2.32. The Morgan fingerprint density at radius 1 is 1.33 bits per heavy atom. The SMILES string of the molecule is O=C1OCc2cc(Br)ccc2N1C1CCNCC1. The number of hydrogen-bond acceptors (Lipinski definition) is 3. The van der Waals surface area contributed by atoms with Crippen molar-refractivity contribution >= 4 is 27.7 Å². The number of anilines is 1. The number of nitrogens with zero attached hydrogens (tertiary/aromatic N) is 1. The maximum atomic E-state index is 12.0. The zero-order chi connectivity index (χ0) is 12.5. The molecule has 2 aliphatic heterocycles. The van der Waals surface area contributed by atoms with Gasteiger partial charge in [-0.15, -0.1) is 0 Å². The molecule has 0 spiro atoms. The molecular formula is C13H15BrN2O2. The van der Waals surface area contributed by atoms with Crippen LogP contribution in [0, 0.1) is 0 Å². The number of nitrogens with one attached hydrogen (secondary N) is 1. The van der Waals surface area contributed by atoms with Crippen molar-refractivity contribution in [3.8, 4) is 0 Å². The fourth-order valence-corrected chi connectivity index (χ4v) is 3.03. The molecule has 1 saturated heterocycles. The Kier molecular flexibility index (Phi) is 3.26. The van der Waals surface area contributed by atoms with E-state index in [1.165, 1.54) is 0 Å². The van der Waals surface area contributed by atoms with E-state index in [4.69, 9.17) is 4.74 Å². The van der Waals surface area contributed by atoms with Crippen molar-refractivity contribution in [1.29, 1.82) is 0 Å². The number of benzene rings is 1. The van der Waals surface area contributed by atoms with Crippen LogP contribution in [0.2, 0.25) is 0 Å². The number of carbonyl (C=O) groups excluding carboxylic acids is 1. The number of cyclic esters (lactones) is 1. The number of piperidine rings is 1. The standard InChI is InChI=1S/C13H15BrN2O2/c14-10-1-2-12-9(7-10)8-18-13(17)16(12)11-3-5-15-6-4-11/h1-2,7,11,15H,3-6,8H2. The lowest BCUT2D eigenvalue weighted by molar-refractivity contribution is 0.137. The van der Waals surface area contributed by atoms with Crippen LogP contribution < -0.4 is 10.2 Å². The molecule has 0 unspecified atom stereocenters. The number of halogens is 1. The molecule has 1 amide bonds. The van der Waals surface area contributed by atoms with Crippen LogP contribution >= 0.6 is 15.9 Å². The molecule has 1 fully saturated rings. The van der Waals surface area contributed by atoms with Crippen molar-refractivity contribution in [3.05, 3.63) is 28.2 Å². The molecule has 0 aromatic heterocycles. The lowest BCUT2D eigenvalue weighted by Gasteiger charge is -2.37. The largest absolute Gasteiger partial charge is 0.444 e. The Balaban J connectivity index is 1.95. The molecule has 2 heterocycles. The third-order valence-electron chi connectivity index (χ3n) is 3.52. The van der Waals surface area contributed by atoms with Crippen molar-refractivity contribution in [1.82, 2.24) is 5.32 Å². The van der Waals surface area contributed by atoms with Gasteiger partial charge in [0.1, 0.15) is 6.61 Å². The van der Waals surface area contributed by atoms with Crippen LogP contribution in [0.15, 0.2) is 22.7 Å². The highest BCUT2D eigenvalue weighted by molar-refractivity contribution is 9.10. The maximum Gasteiger partial charge on any atom is 0.414 e. The maximum absolute atomic E-state index is 12.0. The van der Waals surface area contributed by atoms with E-state index in [1.807, 2.05) is 23.1 Å². The highest BCUT2D eigenvalue weighted by atomic mass is 79.9. The Labute approximate surface area is 114 Å². The van der Waals surface area contributed by atoms with E-state index in [-0.39, 0.29) is 12.1 Å². The summed E-state index contributed by atoms with van der Waals surface area (Å²) in [6.45, 7) is 2.29. The normalized spacial score (nSPS) is 20.5. The molecule has 2 aliphatic rings. The first-order valence-electron chi connectivity index (χ1n) is 6.21. The van der Waals surface area contributed by atoms with Gasteiger partial charge >= 0.3 is 6.09 Å². The molecule has 0 atom stereocenters. The number of amides is 1. The highest BCUT2D eigenvalue weighted by Gasteiger charge is 2.32. The van der Waals surface area contributed by atoms with Crippen LogP contribution in [0.5, 0.6) is 0 Å². The summed E-state index contributed by atoms with van der Waals surface area (Å²) in [4.78, 5) is 13.8. The van der Waals surface area contributed by atoms with Gasteiger partial charge < -0.3 is 10.1 Å². The summed E-state index contributed by atoms with van der Waals surface area (Å²) in [5.74, 6) is 0. The van der Waals surface area contributed by atoms with Gasteiger partial charge in [-0.2, -0.15) is 0 Å². The van der Waals surface area contributed by atoms with E-state index in [0.717, 1.165) is 41.7 Å². The second-order valence-electron chi connectivity index (χ2n) is 4.68. The molecule has 0 aliphatic carbocycles. The van der Waals surface area contributed by atoms with E-state index >= 15 is 0 Å². The summed E-state index contributed by atoms with van der Waals surface area (Å²) in [7, 11) is 0. The molecule has 3 rings (SSSR count). The minimum Gasteiger partial charge on any atom is -0.444 e. The average molecular weight is 311 g/mol. The van der Waals surface area contributed by atoms with Gasteiger partial charge in [0.05, 0.1) is 5.69 Å². The van der Waals surface area contributed by atoms with Crippen LogP contribution in [0.25, 0.3) is 0 Å². The van der Waals surface area contributed by atoms with Crippen molar-refractivity contribution < 1.29 is 9.53 Å². The van der Waals surface area contributed by atoms with Crippen LogP contribution in [-0.4, -0.2) is 25.2 Å². The number of rotatable bonds is 1. The quantitative estimate of drug-likeness (QED) is 0.867. The predicted molar refractivity (Wildman–Crippen MR) is 72.7 cm³/mol. The topological polar surface area (TPSA) is 41.6 Å². The fourth-order valence-electron chi connectivity index (χ4n) is 2.62. The summed E-state index contributed by atoms with van der Waals surface area (Å²) in [6.07, 6.45) is 1.74.